The summed E-state index contributed by atoms with van der Waals surface area (Å²) in [7, 11) is 3.68. The smallest absolute Gasteiger partial charge is 0.263 e. The Morgan fingerprint density at radius 1 is 1.06 bits per heavy atom. The maximum Gasteiger partial charge on any atom is 0.263 e. The Morgan fingerprint density at radius 2 is 1.81 bits per heavy atom. The first kappa shape index (κ1) is 32.0. The number of amides is 2. The number of nitrogens with one attached hydrogen (secondary N) is 1. The van der Waals surface area contributed by atoms with Crippen LogP contribution in [0.4, 0.5) is 11.5 Å². The van der Waals surface area contributed by atoms with Gasteiger partial charge < -0.3 is 30.5 Å². The molecular weight excluding hydrogens is 643 g/mol. The minimum atomic E-state index is -0.897. The lowest BCUT2D eigenvalue weighted by Crippen LogP contribution is -2.50. The molecule has 1 aliphatic rings. The van der Waals surface area contributed by atoms with Gasteiger partial charge in [0, 0.05) is 56.1 Å². The monoisotopic (exact) mass is 674 g/mol. The zero-order valence-corrected chi connectivity index (χ0v) is 27.4. The standard InChI is InChI=1S/C33H32Cl2N8O4/c1-18-15-40(2)9-10-43(18)26-13-25(24(35)14-37-26)38-27(44)17-42-16-22(20-11-21(30(36)46)29(45)23(34)12-20)28-32(42)39-31(41(3)33(28)47)19-7-5-4-6-8-19/h4-8,11-14,16,18,45H,9-10,15,17H2,1-3H3,(H2,36,46)(H,37,38,44)/t18-/m0/s1. The molecule has 0 radical (unpaired) electrons. The minimum Gasteiger partial charge on any atom is -0.506 e. The van der Waals surface area contributed by atoms with Crippen molar-refractivity contribution in [3.05, 3.63) is 86.9 Å². The van der Waals surface area contributed by atoms with Crippen LogP contribution < -0.4 is 21.5 Å². The second kappa shape index (κ2) is 12.7. The number of nitrogens with zero attached hydrogens (tertiary/aromatic N) is 6. The van der Waals surface area contributed by atoms with E-state index < -0.39 is 23.1 Å². The van der Waals surface area contributed by atoms with Crippen LogP contribution in [0.15, 0.2) is 65.7 Å². The molecule has 0 spiro atoms. The van der Waals surface area contributed by atoms with Crippen molar-refractivity contribution in [3.63, 3.8) is 0 Å². The zero-order valence-electron chi connectivity index (χ0n) is 25.9. The molecule has 0 bridgehead atoms. The maximum atomic E-state index is 14.0. The van der Waals surface area contributed by atoms with E-state index >= 15 is 0 Å². The number of carbonyl (C=O) groups is 2. The van der Waals surface area contributed by atoms with E-state index in [4.69, 9.17) is 33.9 Å². The highest BCUT2D eigenvalue weighted by molar-refractivity contribution is 6.34. The van der Waals surface area contributed by atoms with Crippen molar-refractivity contribution in [3.8, 4) is 28.3 Å². The van der Waals surface area contributed by atoms with Crippen molar-refractivity contribution < 1.29 is 14.7 Å². The Hall–Kier alpha value is -4.91. The van der Waals surface area contributed by atoms with E-state index in [1.54, 1.807) is 23.9 Å². The zero-order chi connectivity index (χ0) is 33.6. The number of phenols is 1. The van der Waals surface area contributed by atoms with Gasteiger partial charge in [0.1, 0.15) is 29.6 Å². The molecule has 242 valence electrons. The lowest BCUT2D eigenvalue weighted by molar-refractivity contribution is -0.116. The number of carbonyl (C=O) groups excluding carboxylic acids is 2. The number of hydrogen-bond acceptors (Lipinski definition) is 8. The molecule has 12 nitrogen and oxygen atoms in total. The van der Waals surface area contributed by atoms with Crippen molar-refractivity contribution in [1.29, 1.82) is 0 Å². The number of likely N-dealkylation sites (N-methyl/N-ethyl adjacent to an activating group) is 1. The summed E-state index contributed by atoms with van der Waals surface area (Å²) in [6.45, 7) is 4.41. The third kappa shape index (κ3) is 6.14. The van der Waals surface area contributed by atoms with Gasteiger partial charge in [0.25, 0.3) is 11.5 Å². The highest BCUT2D eigenvalue weighted by Gasteiger charge is 2.25. The summed E-state index contributed by atoms with van der Waals surface area (Å²) in [4.78, 5) is 53.4. The number of halogens is 2. The predicted molar refractivity (Wildman–Crippen MR) is 183 cm³/mol. The van der Waals surface area contributed by atoms with Crippen molar-refractivity contribution in [1.82, 2.24) is 24.0 Å². The fourth-order valence-electron chi connectivity index (χ4n) is 5.95. The van der Waals surface area contributed by atoms with Gasteiger partial charge in [-0.2, -0.15) is 0 Å². The Labute approximate surface area is 280 Å². The van der Waals surface area contributed by atoms with E-state index in [-0.39, 0.29) is 39.2 Å². The Bertz CT molecular complexity index is 2100. The first-order chi connectivity index (χ1) is 22.4. The van der Waals surface area contributed by atoms with E-state index in [1.165, 1.54) is 22.9 Å². The third-order valence-electron chi connectivity index (χ3n) is 8.32. The molecule has 1 aliphatic heterocycles. The third-order valence-corrected chi connectivity index (χ3v) is 8.91. The van der Waals surface area contributed by atoms with E-state index in [0.29, 0.717) is 34.0 Å². The van der Waals surface area contributed by atoms with Crippen molar-refractivity contribution in [2.45, 2.75) is 19.5 Å². The second-order valence-electron chi connectivity index (χ2n) is 11.6. The number of hydrogen-bond donors (Lipinski definition) is 3. The number of primary amides is 1. The number of rotatable bonds is 7. The molecule has 0 unspecified atom stereocenters. The number of benzene rings is 2. The molecule has 1 atom stereocenters. The molecule has 14 heteroatoms. The Kier molecular flexibility index (Phi) is 8.66. The van der Waals surface area contributed by atoms with Crippen LogP contribution in [-0.2, 0) is 18.4 Å². The molecule has 4 N–H and O–H groups in total. The predicted octanol–water partition coefficient (Wildman–Crippen LogP) is 4.35. The number of aromatic hydroxyl groups is 1. The molecule has 0 saturated carbocycles. The first-order valence-electron chi connectivity index (χ1n) is 14.8. The SMILES string of the molecule is C[C@H]1CN(C)CCN1c1cc(NC(=O)Cn2cc(-c3cc(Cl)c(O)c(C(N)=O)c3)c3c(=O)n(C)c(-c4ccccc4)nc32)c(Cl)cn1. The van der Waals surface area contributed by atoms with Crippen molar-refractivity contribution >= 4 is 57.6 Å². The molecule has 47 heavy (non-hydrogen) atoms. The molecule has 3 aromatic heterocycles. The summed E-state index contributed by atoms with van der Waals surface area (Å²) >= 11 is 12.7. The van der Waals surface area contributed by atoms with E-state index in [9.17, 15) is 19.5 Å². The highest BCUT2D eigenvalue weighted by Crippen LogP contribution is 2.36. The second-order valence-corrected chi connectivity index (χ2v) is 12.4. The number of piperazine rings is 1. The van der Waals surface area contributed by atoms with Gasteiger partial charge in [-0.3, -0.25) is 19.0 Å². The Balaban J connectivity index is 1.43. The number of anilines is 2. The molecule has 5 aromatic rings. The van der Waals surface area contributed by atoms with Crippen molar-refractivity contribution in [2.24, 2.45) is 12.8 Å². The molecule has 1 fully saturated rings. The molecule has 0 aliphatic carbocycles. The lowest BCUT2D eigenvalue weighted by Gasteiger charge is -2.39. The van der Waals surface area contributed by atoms with Crippen LogP contribution in [0.5, 0.6) is 5.75 Å². The summed E-state index contributed by atoms with van der Waals surface area (Å²) < 4.78 is 2.97. The van der Waals surface area contributed by atoms with Crippen LogP contribution in [0.25, 0.3) is 33.5 Å². The molecule has 4 heterocycles. The average molecular weight is 676 g/mol. The quantitative estimate of drug-likeness (QED) is 0.230. The minimum absolute atomic E-state index is 0.126. The van der Waals surface area contributed by atoms with Crippen LogP contribution in [0, 0.1) is 0 Å². The van der Waals surface area contributed by atoms with E-state index in [1.807, 2.05) is 30.3 Å². The van der Waals surface area contributed by atoms with Crippen LogP contribution in [0.3, 0.4) is 0 Å². The Morgan fingerprint density at radius 3 is 2.51 bits per heavy atom. The largest absolute Gasteiger partial charge is 0.506 e. The molecular formula is C33H32Cl2N8O4. The van der Waals surface area contributed by atoms with Gasteiger partial charge in [-0.15, -0.1) is 0 Å². The van der Waals surface area contributed by atoms with Gasteiger partial charge in [0.2, 0.25) is 5.91 Å². The average Bonchev–Trinajstić information content (AvgIpc) is 3.39. The van der Waals surface area contributed by atoms with Gasteiger partial charge in [0.05, 0.1) is 32.9 Å². The summed E-state index contributed by atoms with van der Waals surface area (Å²) in [6.07, 6.45) is 3.11. The molecule has 2 amide bonds. The number of nitrogens with two attached hydrogens (primary N) is 1. The maximum absolute atomic E-state index is 14.0. The number of fused-ring (bicyclic) bond motifs is 1. The molecule has 1 saturated heterocycles. The van der Waals surface area contributed by atoms with E-state index in [2.05, 4.69) is 34.1 Å². The summed E-state index contributed by atoms with van der Waals surface area (Å²) in [6, 6.07) is 13.9. The van der Waals surface area contributed by atoms with Crippen LogP contribution >= 0.6 is 23.2 Å². The van der Waals surface area contributed by atoms with Gasteiger partial charge in [-0.25, -0.2) is 9.97 Å². The normalized spacial score (nSPS) is 15.3. The van der Waals surface area contributed by atoms with Gasteiger partial charge in [0.15, 0.2) is 0 Å². The van der Waals surface area contributed by atoms with Crippen LogP contribution in [0.1, 0.15) is 17.3 Å². The number of aromatic nitrogens is 4. The van der Waals surface area contributed by atoms with Crippen LogP contribution in [-0.4, -0.2) is 73.6 Å². The van der Waals surface area contributed by atoms with Gasteiger partial charge in [-0.05, 0) is 31.7 Å². The molecule has 6 rings (SSSR count). The first-order valence-corrected chi connectivity index (χ1v) is 15.6. The molecule has 2 aromatic carbocycles. The summed E-state index contributed by atoms with van der Waals surface area (Å²) in [5.41, 5.74) is 6.90. The summed E-state index contributed by atoms with van der Waals surface area (Å²) in [5, 5.41) is 13.6. The summed E-state index contributed by atoms with van der Waals surface area (Å²) in [5.74, 6) is -0.705. The van der Waals surface area contributed by atoms with Gasteiger partial charge in [-0.1, -0.05) is 53.5 Å². The van der Waals surface area contributed by atoms with Crippen molar-refractivity contribution in [2.75, 3.05) is 36.9 Å². The van der Waals surface area contributed by atoms with E-state index in [0.717, 1.165) is 19.6 Å². The van der Waals surface area contributed by atoms with Crippen LogP contribution in [0.2, 0.25) is 10.0 Å². The fourth-order valence-corrected chi connectivity index (χ4v) is 6.32. The lowest BCUT2D eigenvalue weighted by atomic mass is 10.0. The number of pyridine rings is 1. The highest BCUT2D eigenvalue weighted by atomic mass is 35.5. The fraction of sp³-hybridized carbons (Fsp3) is 0.242. The topological polar surface area (TPSA) is 152 Å². The van der Waals surface area contributed by atoms with Gasteiger partial charge >= 0.3 is 0 Å².